The van der Waals surface area contributed by atoms with Crippen LogP contribution in [0.2, 0.25) is 0 Å². The van der Waals surface area contributed by atoms with E-state index >= 15 is 0 Å². The lowest BCUT2D eigenvalue weighted by Gasteiger charge is -2.18. The van der Waals surface area contributed by atoms with Gasteiger partial charge in [0.05, 0.1) is 11.4 Å². The molecule has 7 nitrogen and oxygen atoms in total. The highest BCUT2D eigenvalue weighted by atomic mass is 32.2. The predicted octanol–water partition coefficient (Wildman–Crippen LogP) is 2.93. The van der Waals surface area contributed by atoms with E-state index in [2.05, 4.69) is 15.0 Å². The summed E-state index contributed by atoms with van der Waals surface area (Å²) in [6.45, 7) is 3.44. The second kappa shape index (κ2) is 8.55. The molecule has 0 bridgehead atoms. The van der Waals surface area contributed by atoms with Gasteiger partial charge in [-0.15, -0.1) is 11.3 Å². The Balaban J connectivity index is 1.41. The molecule has 4 rings (SSSR count). The van der Waals surface area contributed by atoms with Gasteiger partial charge in [-0.3, -0.25) is 9.52 Å². The van der Waals surface area contributed by atoms with Crippen molar-refractivity contribution >= 4 is 38.1 Å². The second-order valence-corrected chi connectivity index (χ2v) is 9.64. The summed E-state index contributed by atoms with van der Waals surface area (Å²) < 4.78 is 27.6. The SMILES string of the molecule is Cc1ccccc1CNCC(=O)N1CCc2cc(S(=O)(=O)Nc3nccs3)ccc21. The van der Waals surface area contributed by atoms with Crippen molar-refractivity contribution in [3.8, 4) is 0 Å². The van der Waals surface area contributed by atoms with Crippen LogP contribution in [0, 0.1) is 6.92 Å². The van der Waals surface area contributed by atoms with Gasteiger partial charge in [0.1, 0.15) is 0 Å². The normalized spacial score (nSPS) is 13.3. The van der Waals surface area contributed by atoms with Gasteiger partial charge >= 0.3 is 0 Å². The molecule has 9 heteroatoms. The molecule has 0 saturated carbocycles. The molecule has 0 saturated heterocycles. The molecule has 1 aromatic heterocycles. The fraction of sp³-hybridized carbons (Fsp3) is 0.238. The maximum Gasteiger partial charge on any atom is 0.263 e. The van der Waals surface area contributed by atoms with E-state index in [0.29, 0.717) is 24.6 Å². The van der Waals surface area contributed by atoms with Gasteiger partial charge < -0.3 is 10.2 Å². The van der Waals surface area contributed by atoms with Crippen molar-refractivity contribution in [1.29, 1.82) is 0 Å². The van der Waals surface area contributed by atoms with E-state index in [-0.39, 0.29) is 17.3 Å². The minimum atomic E-state index is -3.71. The van der Waals surface area contributed by atoms with E-state index in [1.54, 1.807) is 28.6 Å². The number of aromatic nitrogens is 1. The molecule has 0 atom stereocenters. The number of rotatable bonds is 7. The number of nitrogens with zero attached hydrogens (tertiary/aromatic N) is 2. The van der Waals surface area contributed by atoms with Crippen molar-refractivity contribution in [1.82, 2.24) is 10.3 Å². The summed E-state index contributed by atoms with van der Waals surface area (Å²) in [5.41, 5.74) is 3.97. The lowest BCUT2D eigenvalue weighted by atomic mass is 10.1. The zero-order chi connectivity index (χ0) is 21.1. The molecule has 30 heavy (non-hydrogen) atoms. The highest BCUT2D eigenvalue weighted by Crippen LogP contribution is 2.31. The molecule has 1 aliphatic heterocycles. The molecule has 1 amide bonds. The number of nitrogens with one attached hydrogen (secondary N) is 2. The molecule has 2 aromatic carbocycles. The maximum atomic E-state index is 12.7. The number of hydrogen-bond acceptors (Lipinski definition) is 6. The fourth-order valence-corrected chi connectivity index (χ4v) is 5.30. The van der Waals surface area contributed by atoms with E-state index in [1.807, 2.05) is 31.2 Å². The third-order valence-corrected chi connectivity index (χ3v) is 7.22. The van der Waals surface area contributed by atoms with Gasteiger partial charge in [0.25, 0.3) is 10.0 Å². The van der Waals surface area contributed by atoms with Gasteiger partial charge in [-0.25, -0.2) is 13.4 Å². The summed E-state index contributed by atoms with van der Waals surface area (Å²) in [6, 6.07) is 12.9. The first-order chi connectivity index (χ1) is 14.4. The average molecular weight is 443 g/mol. The van der Waals surface area contributed by atoms with E-state index in [0.717, 1.165) is 16.8 Å². The lowest BCUT2D eigenvalue weighted by molar-refractivity contribution is -0.117. The van der Waals surface area contributed by atoms with Gasteiger partial charge in [0.2, 0.25) is 5.91 Å². The topological polar surface area (TPSA) is 91.4 Å². The van der Waals surface area contributed by atoms with Crippen LogP contribution in [0.1, 0.15) is 16.7 Å². The Kier molecular flexibility index (Phi) is 5.85. The molecule has 156 valence electrons. The first-order valence-corrected chi connectivity index (χ1v) is 11.9. The molecule has 1 aliphatic rings. The monoisotopic (exact) mass is 442 g/mol. The second-order valence-electron chi connectivity index (χ2n) is 7.06. The highest BCUT2D eigenvalue weighted by Gasteiger charge is 2.26. The lowest BCUT2D eigenvalue weighted by Crippen LogP contribution is -2.37. The number of benzene rings is 2. The Morgan fingerprint density at radius 2 is 2.07 bits per heavy atom. The number of hydrogen-bond donors (Lipinski definition) is 2. The van der Waals surface area contributed by atoms with Crippen LogP contribution >= 0.6 is 11.3 Å². The Morgan fingerprint density at radius 1 is 1.23 bits per heavy atom. The molecule has 2 N–H and O–H groups in total. The highest BCUT2D eigenvalue weighted by molar-refractivity contribution is 7.93. The van der Waals surface area contributed by atoms with Crippen molar-refractivity contribution in [2.24, 2.45) is 0 Å². The first-order valence-electron chi connectivity index (χ1n) is 9.55. The number of fused-ring (bicyclic) bond motifs is 1. The van der Waals surface area contributed by atoms with Crippen LogP contribution in [-0.4, -0.2) is 32.4 Å². The minimum absolute atomic E-state index is 0.0288. The first kappa shape index (κ1) is 20.5. The van der Waals surface area contributed by atoms with Crippen LogP contribution < -0.4 is 14.9 Å². The van der Waals surface area contributed by atoms with Gasteiger partial charge in [-0.2, -0.15) is 0 Å². The third kappa shape index (κ3) is 4.38. The van der Waals surface area contributed by atoms with Crippen molar-refractivity contribution in [3.05, 3.63) is 70.7 Å². The van der Waals surface area contributed by atoms with E-state index in [1.165, 1.54) is 23.0 Å². The zero-order valence-corrected chi connectivity index (χ0v) is 18.1. The molecular formula is C21H22N4O3S2. The third-order valence-electron chi connectivity index (χ3n) is 5.06. The molecule has 0 spiro atoms. The van der Waals surface area contributed by atoms with Gasteiger partial charge in [0, 0.05) is 30.4 Å². The largest absolute Gasteiger partial charge is 0.311 e. The number of carbonyl (C=O) groups excluding carboxylic acids is 1. The Hall–Kier alpha value is -2.75. The molecule has 0 fully saturated rings. The Morgan fingerprint density at radius 3 is 2.83 bits per heavy atom. The molecule has 2 heterocycles. The number of anilines is 2. The smallest absolute Gasteiger partial charge is 0.263 e. The summed E-state index contributed by atoms with van der Waals surface area (Å²) in [7, 11) is -3.71. The van der Waals surface area contributed by atoms with Gasteiger partial charge in [-0.05, 0) is 48.2 Å². The van der Waals surface area contributed by atoms with Crippen LogP contribution in [0.25, 0.3) is 0 Å². The van der Waals surface area contributed by atoms with Crippen LogP contribution in [-0.2, 0) is 27.8 Å². The van der Waals surface area contributed by atoms with Crippen LogP contribution in [0.15, 0.2) is 58.9 Å². The summed E-state index contributed by atoms with van der Waals surface area (Å²) in [5, 5.41) is 5.24. The number of amides is 1. The van der Waals surface area contributed by atoms with E-state index < -0.39 is 10.0 Å². The van der Waals surface area contributed by atoms with Gasteiger partial charge in [0.15, 0.2) is 5.13 Å². The Bertz CT molecular complexity index is 1160. The molecule has 0 unspecified atom stereocenters. The standard InChI is InChI=1S/C21H22N4O3S2/c1-15-4-2-3-5-17(15)13-22-14-20(26)25-10-8-16-12-18(6-7-19(16)25)30(27,28)24-21-23-9-11-29-21/h2-7,9,11-12,22H,8,10,13-14H2,1H3,(H,23,24). The minimum Gasteiger partial charge on any atom is -0.311 e. The summed E-state index contributed by atoms with van der Waals surface area (Å²) in [6.07, 6.45) is 2.17. The van der Waals surface area contributed by atoms with Crippen LogP contribution in [0.4, 0.5) is 10.8 Å². The molecule has 0 aliphatic carbocycles. The zero-order valence-electron chi connectivity index (χ0n) is 16.5. The Labute approximate surface area is 179 Å². The van der Waals surface area contributed by atoms with Crippen molar-refractivity contribution in [2.75, 3.05) is 22.7 Å². The van der Waals surface area contributed by atoms with Crippen LogP contribution in [0.3, 0.4) is 0 Å². The molecule has 0 radical (unpaired) electrons. The number of aryl methyl sites for hydroxylation is 1. The van der Waals surface area contributed by atoms with Crippen molar-refractivity contribution < 1.29 is 13.2 Å². The summed E-state index contributed by atoms with van der Waals surface area (Å²) in [5.74, 6) is -0.0288. The number of thiazole rings is 1. The molecule has 3 aromatic rings. The predicted molar refractivity (Wildman–Crippen MR) is 118 cm³/mol. The summed E-state index contributed by atoms with van der Waals surface area (Å²) >= 11 is 1.22. The van der Waals surface area contributed by atoms with Gasteiger partial charge in [-0.1, -0.05) is 24.3 Å². The number of carbonyl (C=O) groups is 1. The van der Waals surface area contributed by atoms with E-state index in [4.69, 9.17) is 0 Å². The summed E-state index contributed by atoms with van der Waals surface area (Å²) in [4.78, 5) is 18.5. The number of sulfonamides is 1. The van der Waals surface area contributed by atoms with E-state index in [9.17, 15) is 13.2 Å². The quantitative estimate of drug-likeness (QED) is 0.587. The fourth-order valence-electron chi connectivity index (χ4n) is 3.46. The van der Waals surface area contributed by atoms with Crippen LogP contribution in [0.5, 0.6) is 0 Å². The van der Waals surface area contributed by atoms with Crippen molar-refractivity contribution in [3.63, 3.8) is 0 Å². The maximum absolute atomic E-state index is 12.7. The molecular weight excluding hydrogens is 420 g/mol. The average Bonchev–Trinajstić information content (AvgIpc) is 3.38. The van der Waals surface area contributed by atoms with Crippen molar-refractivity contribution in [2.45, 2.75) is 24.8 Å².